The molecule has 104 valence electrons. The van der Waals surface area contributed by atoms with Crippen LogP contribution in [-0.2, 0) is 11.8 Å². The van der Waals surface area contributed by atoms with Crippen molar-refractivity contribution in [1.82, 2.24) is 0 Å². The highest BCUT2D eigenvalue weighted by atomic mass is 14.5. The average Bonchev–Trinajstić information content (AvgIpc) is 2.39. The third kappa shape index (κ3) is 3.70. The minimum absolute atomic E-state index is 0.0421. The lowest BCUT2D eigenvalue weighted by Crippen LogP contribution is -2.22. The SMILES string of the molecule is CC(C)(CC(=N)Cc1ccccc1)c1ccc(N)cc1. The predicted molar refractivity (Wildman–Crippen MR) is 86.4 cm³/mol. The number of nitrogens with one attached hydrogen (secondary N) is 1. The third-order valence-corrected chi connectivity index (χ3v) is 3.61. The molecule has 0 heterocycles. The molecule has 2 rings (SSSR count). The van der Waals surface area contributed by atoms with E-state index in [1.165, 1.54) is 11.1 Å². The number of benzene rings is 2. The van der Waals surface area contributed by atoms with Gasteiger partial charge >= 0.3 is 0 Å². The molecule has 2 nitrogen and oxygen atoms in total. The maximum Gasteiger partial charge on any atom is 0.0314 e. The number of rotatable bonds is 5. The van der Waals surface area contributed by atoms with Gasteiger partial charge in [0.2, 0.25) is 0 Å². The lowest BCUT2D eigenvalue weighted by molar-refractivity contribution is 0.546. The van der Waals surface area contributed by atoms with Gasteiger partial charge in [-0.3, -0.25) is 0 Å². The highest BCUT2D eigenvalue weighted by molar-refractivity contribution is 5.84. The Bertz CT molecular complexity index is 568. The summed E-state index contributed by atoms with van der Waals surface area (Å²) in [4.78, 5) is 0. The van der Waals surface area contributed by atoms with Gasteiger partial charge in [-0.05, 0) is 35.1 Å². The predicted octanol–water partition coefficient (Wildman–Crippen LogP) is 4.20. The Kier molecular flexibility index (Phi) is 4.23. The highest BCUT2D eigenvalue weighted by Gasteiger charge is 2.22. The van der Waals surface area contributed by atoms with Crippen LogP contribution >= 0.6 is 0 Å². The van der Waals surface area contributed by atoms with E-state index in [0.29, 0.717) is 0 Å². The molecule has 0 aromatic heterocycles. The van der Waals surface area contributed by atoms with Gasteiger partial charge in [-0.15, -0.1) is 0 Å². The molecule has 0 aliphatic rings. The molecule has 0 aliphatic heterocycles. The summed E-state index contributed by atoms with van der Waals surface area (Å²) in [6.07, 6.45) is 1.48. The Hall–Kier alpha value is -2.09. The van der Waals surface area contributed by atoms with Crippen LogP contribution in [0.25, 0.3) is 0 Å². The molecule has 0 saturated heterocycles. The van der Waals surface area contributed by atoms with Crippen LogP contribution in [0, 0.1) is 5.41 Å². The average molecular weight is 266 g/mol. The van der Waals surface area contributed by atoms with Crippen molar-refractivity contribution in [2.75, 3.05) is 5.73 Å². The summed E-state index contributed by atoms with van der Waals surface area (Å²) in [5.74, 6) is 0. The van der Waals surface area contributed by atoms with Crippen molar-refractivity contribution in [3.63, 3.8) is 0 Å². The Balaban J connectivity index is 2.04. The standard InChI is InChI=1S/C18H22N2/c1-18(2,15-8-10-16(19)11-9-15)13-17(20)12-14-6-4-3-5-7-14/h3-11,20H,12-13,19H2,1-2H3. The van der Waals surface area contributed by atoms with Gasteiger partial charge in [-0.25, -0.2) is 0 Å². The summed E-state index contributed by atoms with van der Waals surface area (Å²) in [7, 11) is 0. The zero-order valence-electron chi connectivity index (χ0n) is 12.2. The molecule has 0 aliphatic carbocycles. The van der Waals surface area contributed by atoms with E-state index in [0.717, 1.165) is 24.2 Å². The molecule has 2 aromatic carbocycles. The van der Waals surface area contributed by atoms with Gasteiger partial charge in [0.1, 0.15) is 0 Å². The quantitative estimate of drug-likeness (QED) is 0.618. The normalized spacial score (nSPS) is 11.3. The molecule has 0 saturated carbocycles. The van der Waals surface area contributed by atoms with E-state index in [9.17, 15) is 0 Å². The number of anilines is 1. The first-order chi connectivity index (χ1) is 9.47. The molecule has 0 amide bonds. The molecule has 0 radical (unpaired) electrons. The van der Waals surface area contributed by atoms with E-state index in [-0.39, 0.29) is 5.41 Å². The largest absolute Gasteiger partial charge is 0.399 e. The van der Waals surface area contributed by atoms with Gasteiger partial charge in [0.05, 0.1) is 0 Å². The van der Waals surface area contributed by atoms with Crippen molar-refractivity contribution in [1.29, 1.82) is 5.41 Å². The van der Waals surface area contributed by atoms with Crippen molar-refractivity contribution >= 4 is 11.4 Å². The van der Waals surface area contributed by atoms with Crippen molar-refractivity contribution in [3.8, 4) is 0 Å². The Morgan fingerprint density at radius 2 is 1.60 bits per heavy atom. The maximum absolute atomic E-state index is 8.25. The number of nitrogens with two attached hydrogens (primary N) is 1. The zero-order valence-corrected chi connectivity index (χ0v) is 12.2. The second-order valence-electron chi connectivity index (χ2n) is 5.95. The van der Waals surface area contributed by atoms with Gasteiger partial charge in [-0.2, -0.15) is 0 Å². The van der Waals surface area contributed by atoms with Crippen LogP contribution in [0.3, 0.4) is 0 Å². The van der Waals surface area contributed by atoms with E-state index in [1.807, 2.05) is 30.3 Å². The zero-order chi connectivity index (χ0) is 14.6. The molecule has 0 bridgehead atoms. The van der Waals surface area contributed by atoms with Crippen LogP contribution < -0.4 is 5.73 Å². The molecule has 20 heavy (non-hydrogen) atoms. The first-order valence-corrected chi connectivity index (χ1v) is 6.93. The van der Waals surface area contributed by atoms with Gasteiger partial charge in [-0.1, -0.05) is 56.3 Å². The van der Waals surface area contributed by atoms with E-state index in [2.05, 4.69) is 38.1 Å². The summed E-state index contributed by atoms with van der Waals surface area (Å²) < 4.78 is 0. The Labute approximate surface area is 121 Å². The minimum atomic E-state index is -0.0421. The fourth-order valence-electron chi connectivity index (χ4n) is 2.47. The van der Waals surface area contributed by atoms with Crippen molar-refractivity contribution in [2.24, 2.45) is 0 Å². The second-order valence-corrected chi connectivity index (χ2v) is 5.95. The number of hydrogen-bond acceptors (Lipinski definition) is 2. The summed E-state index contributed by atoms with van der Waals surface area (Å²) in [5, 5.41) is 8.25. The van der Waals surface area contributed by atoms with Gasteiger partial charge < -0.3 is 11.1 Å². The molecule has 0 spiro atoms. The van der Waals surface area contributed by atoms with Gasteiger partial charge in [0, 0.05) is 17.8 Å². The first-order valence-electron chi connectivity index (χ1n) is 6.93. The Morgan fingerprint density at radius 1 is 1.00 bits per heavy atom. The van der Waals surface area contributed by atoms with Crippen LogP contribution in [-0.4, -0.2) is 5.71 Å². The molecule has 2 aromatic rings. The fraction of sp³-hybridized carbons (Fsp3) is 0.278. The molecular weight excluding hydrogens is 244 g/mol. The smallest absolute Gasteiger partial charge is 0.0314 e. The van der Waals surface area contributed by atoms with Crippen LogP contribution in [0.2, 0.25) is 0 Å². The van der Waals surface area contributed by atoms with Crippen molar-refractivity contribution < 1.29 is 0 Å². The summed E-state index contributed by atoms with van der Waals surface area (Å²) in [6.45, 7) is 4.36. The third-order valence-electron chi connectivity index (χ3n) is 3.61. The Morgan fingerprint density at radius 3 is 2.20 bits per heavy atom. The van der Waals surface area contributed by atoms with E-state index in [1.54, 1.807) is 0 Å². The lowest BCUT2D eigenvalue weighted by Gasteiger charge is -2.26. The first kappa shape index (κ1) is 14.3. The molecule has 2 heteroatoms. The summed E-state index contributed by atoms with van der Waals surface area (Å²) >= 11 is 0. The summed E-state index contributed by atoms with van der Waals surface area (Å²) in [5.41, 5.74) is 9.66. The minimum Gasteiger partial charge on any atom is -0.399 e. The van der Waals surface area contributed by atoms with Crippen LogP contribution in [0.15, 0.2) is 54.6 Å². The highest BCUT2D eigenvalue weighted by Crippen LogP contribution is 2.28. The lowest BCUT2D eigenvalue weighted by atomic mass is 9.79. The monoisotopic (exact) mass is 266 g/mol. The molecule has 0 fully saturated rings. The number of hydrogen-bond donors (Lipinski definition) is 2. The van der Waals surface area contributed by atoms with Crippen LogP contribution in [0.1, 0.15) is 31.4 Å². The number of nitrogen functional groups attached to an aromatic ring is 1. The van der Waals surface area contributed by atoms with Crippen LogP contribution in [0.4, 0.5) is 5.69 Å². The molecule has 0 unspecified atom stereocenters. The van der Waals surface area contributed by atoms with E-state index < -0.39 is 0 Å². The van der Waals surface area contributed by atoms with Crippen LogP contribution in [0.5, 0.6) is 0 Å². The van der Waals surface area contributed by atoms with Gasteiger partial charge in [0.15, 0.2) is 0 Å². The van der Waals surface area contributed by atoms with E-state index in [4.69, 9.17) is 11.1 Å². The second kappa shape index (κ2) is 5.91. The van der Waals surface area contributed by atoms with Crippen molar-refractivity contribution in [2.45, 2.75) is 32.1 Å². The van der Waals surface area contributed by atoms with Crippen molar-refractivity contribution in [3.05, 3.63) is 65.7 Å². The molecule has 0 atom stereocenters. The summed E-state index contributed by atoms with van der Waals surface area (Å²) in [6, 6.07) is 18.2. The maximum atomic E-state index is 8.25. The fourth-order valence-corrected chi connectivity index (χ4v) is 2.47. The van der Waals surface area contributed by atoms with E-state index >= 15 is 0 Å². The van der Waals surface area contributed by atoms with Gasteiger partial charge in [0.25, 0.3) is 0 Å². The molecular formula is C18H22N2. The topological polar surface area (TPSA) is 49.9 Å². The molecule has 3 N–H and O–H groups in total.